The molecular formula is C20H28FNO3. The molecule has 25 heavy (non-hydrogen) atoms. The standard InChI is InChI=1S/C20H28FNO3/c1-20(2,3)25-19(23)22-16-8-9-17(22)11-18(10-16)24-13-15-7-5-4-6-14(15)12-21/h4-7,16-18H,8-13H2,1-3H3/t16-,17+,18?. The number of carbonyl (C=O) groups is 1. The molecule has 0 radical (unpaired) electrons. The normalized spacial score (nSPS) is 25.9. The fraction of sp³-hybridized carbons (Fsp3) is 0.650. The topological polar surface area (TPSA) is 38.8 Å². The van der Waals surface area contributed by atoms with Crippen LogP contribution in [0.5, 0.6) is 0 Å². The van der Waals surface area contributed by atoms with E-state index in [2.05, 4.69) is 0 Å². The maximum Gasteiger partial charge on any atom is 0.410 e. The number of benzene rings is 1. The van der Waals surface area contributed by atoms with Crippen LogP contribution in [0.4, 0.5) is 9.18 Å². The van der Waals surface area contributed by atoms with Crippen LogP contribution in [-0.4, -0.2) is 34.8 Å². The molecule has 2 aliphatic heterocycles. The molecule has 0 N–H and O–H groups in total. The first-order chi connectivity index (χ1) is 11.9. The molecule has 1 aromatic rings. The molecule has 0 spiro atoms. The minimum Gasteiger partial charge on any atom is -0.444 e. The van der Waals surface area contributed by atoms with E-state index in [9.17, 15) is 9.18 Å². The van der Waals surface area contributed by atoms with Gasteiger partial charge in [0.1, 0.15) is 12.3 Å². The number of nitrogens with zero attached hydrogens (tertiary/aromatic N) is 1. The molecule has 0 saturated carbocycles. The van der Waals surface area contributed by atoms with E-state index in [4.69, 9.17) is 9.47 Å². The monoisotopic (exact) mass is 349 g/mol. The largest absolute Gasteiger partial charge is 0.444 e. The lowest BCUT2D eigenvalue weighted by molar-refractivity contribution is -0.0398. The lowest BCUT2D eigenvalue weighted by Gasteiger charge is -2.39. The van der Waals surface area contributed by atoms with Gasteiger partial charge in [-0.25, -0.2) is 9.18 Å². The van der Waals surface area contributed by atoms with Gasteiger partial charge in [0.2, 0.25) is 0 Å². The Labute approximate surface area is 149 Å². The number of hydrogen-bond acceptors (Lipinski definition) is 3. The molecule has 5 heteroatoms. The number of rotatable bonds is 4. The summed E-state index contributed by atoms with van der Waals surface area (Å²) in [6.45, 7) is 5.64. The number of ether oxygens (including phenoxy) is 2. The summed E-state index contributed by atoms with van der Waals surface area (Å²) in [6.07, 6.45) is 3.57. The molecule has 1 amide bonds. The quantitative estimate of drug-likeness (QED) is 0.797. The second kappa shape index (κ2) is 7.32. The Hall–Kier alpha value is -1.62. The van der Waals surface area contributed by atoms with Crippen molar-refractivity contribution in [2.24, 2.45) is 0 Å². The third kappa shape index (κ3) is 4.32. The highest BCUT2D eigenvalue weighted by molar-refractivity contribution is 5.69. The second-order valence-corrected chi connectivity index (χ2v) is 8.08. The Balaban J connectivity index is 1.58. The lowest BCUT2D eigenvalue weighted by Crippen LogP contribution is -2.50. The molecule has 1 aromatic carbocycles. The first-order valence-electron chi connectivity index (χ1n) is 9.13. The van der Waals surface area contributed by atoms with E-state index in [0.29, 0.717) is 12.2 Å². The molecule has 3 atom stereocenters. The van der Waals surface area contributed by atoms with Crippen molar-refractivity contribution in [2.45, 2.75) is 83.5 Å². The van der Waals surface area contributed by atoms with Crippen LogP contribution in [-0.2, 0) is 22.8 Å². The van der Waals surface area contributed by atoms with Crippen LogP contribution in [0.3, 0.4) is 0 Å². The molecule has 2 aliphatic rings. The number of halogens is 1. The maximum absolute atomic E-state index is 13.0. The highest BCUT2D eigenvalue weighted by Crippen LogP contribution is 2.38. The van der Waals surface area contributed by atoms with E-state index < -0.39 is 12.3 Å². The second-order valence-electron chi connectivity index (χ2n) is 8.08. The first kappa shape index (κ1) is 18.2. The molecule has 2 saturated heterocycles. The van der Waals surface area contributed by atoms with Gasteiger partial charge in [-0.05, 0) is 57.6 Å². The number of amides is 1. The van der Waals surface area contributed by atoms with Crippen LogP contribution in [0.15, 0.2) is 24.3 Å². The lowest BCUT2D eigenvalue weighted by atomic mass is 10.00. The van der Waals surface area contributed by atoms with Crippen molar-refractivity contribution in [3.8, 4) is 0 Å². The van der Waals surface area contributed by atoms with Gasteiger partial charge in [-0.2, -0.15) is 0 Å². The summed E-state index contributed by atoms with van der Waals surface area (Å²) in [5.74, 6) is 0. The Morgan fingerprint density at radius 2 is 1.76 bits per heavy atom. The van der Waals surface area contributed by atoms with Gasteiger partial charge in [0, 0.05) is 12.1 Å². The van der Waals surface area contributed by atoms with Crippen LogP contribution in [0.1, 0.15) is 57.6 Å². The van der Waals surface area contributed by atoms with E-state index >= 15 is 0 Å². The van der Waals surface area contributed by atoms with Crippen molar-refractivity contribution in [3.63, 3.8) is 0 Å². The van der Waals surface area contributed by atoms with Gasteiger partial charge in [0.05, 0.1) is 12.7 Å². The summed E-state index contributed by atoms with van der Waals surface area (Å²) >= 11 is 0. The molecule has 0 aliphatic carbocycles. The van der Waals surface area contributed by atoms with E-state index in [1.807, 2.05) is 43.9 Å². The molecule has 2 bridgehead atoms. The van der Waals surface area contributed by atoms with Crippen LogP contribution < -0.4 is 0 Å². The molecule has 2 heterocycles. The average molecular weight is 349 g/mol. The molecule has 1 unspecified atom stereocenters. The summed E-state index contributed by atoms with van der Waals surface area (Å²) in [4.78, 5) is 14.4. The SMILES string of the molecule is CC(C)(C)OC(=O)N1[C@@H]2CC[C@H]1CC(OCc1ccccc1CF)C2. The average Bonchev–Trinajstić information content (AvgIpc) is 2.83. The minimum absolute atomic E-state index is 0.115. The third-order valence-electron chi connectivity index (χ3n) is 5.03. The zero-order valence-electron chi connectivity index (χ0n) is 15.3. The highest BCUT2D eigenvalue weighted by Gasteiger charge is 2.45. The summed E-state index contributed by atoms with van der Waals surface area (Å²) in [5.41, 5.74) is 1.13. The van der Waals surface area contributed by atoms with Crippen molar-refractivity contribution in [1.29, 1.82) is 0 Å². The van der Waals surface area contributed by atoms with Crippen LogP contribution in [0.25, 0.3) is 0 Å². The summed E-state index contributed by atoms with van der Waals surface area (Å²) in [6, 6.07) is 7.85. The molecule has 4 nitrogen and oxygen atoms in total. The highest BCUT2D eigenvalue weighted by atomic mass is 19.1. The van der Waals surface area contributed by atoms with Gasteiger partial charge >= 0.3 is 6.09 Å². The first-order valence-corrected chi connectivity index (χ1v) is 9.13. The Morgan fingerprint density at radius 1 is 1.16 bits per heavy atom. The van der Waals surface area contributed by atoms with Crippen molar-refractivity contribution < 1.29 is 18.7 Å². The Morgan fingerprint density at radius 3 is 2.32 bits per heavy atom. The van der Waals surface area contributed by atoms with Crippen molar-refractivity contribution in [2.75, 3.05) is 0 Å². The molecule has 3 rings (SSSR count). The van der Waals surface area contributed by atoms with E-state index in [1.165, 1.54) is 0 Å². The Kier molecular flexibility index (Phi) is 5.32. The maximum atomic E-state index is 13.0. The molecule has 2 fully saturated rings. The summed E-state index contributed by atoms with van der Waals surface area (Å²) in [7, 11) is 0. The predicted molar refractivity (Wildman–Crippen MR) is 93.9 cm³/mol. The smallest absolute Gasteiger partial charge is 0.410 e. The number of carbonyl (C=O) groups excluding carboxylic acids is 1. The summed E-state index contributed by atoms with van der Waals surface area (Å²) < 4.78 is 24.7. The molecule has 138 valence electrons. The van der Waals surface area contributed by atoms with Gasteiger partial charge in [-0.1, -0.05) is 24.3 Å². The predicted octanol–water partition coefficient (Wildman–Crippen LogP) is 4.60. The van der Waals surface area contributed by atoms with E-state index in [1.54, 1.807) is 6.07 Å². The number of hydrogen-bond donors (Lipinski definition) is 0. The number of alkyl halides is 1. The van der Waals surface area contributed by atoms with Crippen molar-refractivity contribution >= 4 is 6.09 Å². The van der Waals surface area contributed by atoms with E-state index in [-0.39, 0.29) is 24.3 Å². The van der Waals surface area contributed by atoms with Crippen molar-refractivity contribution in [3.05, 3.63) is 35.4 Å². The minimum atomic E-state index is -0.472. The fourth-order valence-electron chi connectivity index (χ4n) is 3.91. The zero-order valence-corrected chi connectivity index (χ0v) is 15.3. The Bertz CT molecular complexity index is 599. The van der Waals surface area contributed by atoms with E-state index in [0.717, 1.165) is 31.2 Å². The van der Waals surface area contributed by atoms with Gasteiger partial charge in [-0.3, -0.25) is 0 Å². The third-order valence-corrected chi connectivity index (χ3v) is 5.03. The van der Waals surface area contributed by atoms with Crippen LogP contribution >= 0.6 is 0 Å². The van der Waals surface area contributed by atoms with Gasteiger partial charge < -0.3 is 14.4 Å². The van der Waals surface area contributed by atoms with Crippen LogP contribution in [0.2, 0.25) is 0 Å². The van der Waals surface area contributed by atoms with Gasteiger partial charge in [0.15, 0.2) is 0 Å². The van der Waals surface area contributed by atoms with Gasteiger partial charge in [0.25, 0.3) is 0 Å². The fourth-order valence-corrected chi connectivity index (χ4v) is 3.91. The van der Waals surface area contributed by atoms with Crippen LogP contribution in [0, 0.1) is 0 Å². The molecule has 0 aromatic heterocycles. The molecular weight excluding hydrogens is 321 g/mol. The number of fused-ring (bicyclic) bond motifs is 2. The summed E-state index contributed by atoms with van der Waals surface area (Å²) in [5, 5.41) is 0. The van der Waals surface area contributed by atoms with Crippen molar-refractivity contribution in [1.82, 2.24) is 4.90 Å². The zero-order chi connectivity index (χ0) is 18.0. The number of piperidine rings is 1. The van der Waals surface area contributed by atoms with Gasteiger partial charge in [-0.15, -0.1) is 0 Å².